The predicted octanol–water partition coefficient (Wildman–Crippen LogP) is -2.37. The fourth-order valence-electron chi connectivity index (χ4n) is 0.773. The molecule has 0 saturated heterocycles. The quantitative estimate of drug-likeness (QED) is 0.225. The molecule has 0 spiro atoms. The Morgan fingerprint density at radius 1 is 1.31 bits per heavy atom. The molecular formula is C8H6NNaO3. The van der Waals surface area contributed by atoms with Crippen LogP contribution in [0.1, 0.15) is 5.56 Å². The van der Waals surface area contributed by atoms with Gasteiger partial charge in [-0.3, -0.25) is 10.1 Å². The molecule has 0 aliphatic rings. The van der Waals surface area contributed by atoms with Gasteiger partial charge in [0, 0.05) is 0 Å². The Morgan fingerprint density at radius 3 is 2.31 bits per heavy atom. The average Bonchev–Trinajstić information content (AvgIpc) is 2.05. The first-order chi connectivity index (χ1) is 5.70. The van der Waals surface area contributed by atoms with Gasteiger partial charge in [0.2, 0.25) is 6.20 Å². The van der Waals surface area contributed by atoms with E-state index in [1.54, 1.807) is 18.2 Å². The molecular weight excluding hydrogens is 181 g/mol. The van der Waals surface area contributed by atoms with Crippen molar-refractivity contribution >= 4 is 5.76 Å². The van der Waals surface area contributed by atoms with Crippen molar-refractivity contribution in [3.63, 3.8) is 0 Å². The summed E-state index contributed by atoms with van der Waals surface area (Å²) in [7, 11) is 0. The van der Waals surface area contributed by atoms with Crippen LogP contribution in [-0.2, 0) is 0 Å². The van der Waals surface area contributed by atoms with Crippen LogP contribution >= 0.6 is 0 Å². The van der Waals surface area contributed by atoms with Crippen molar-refractivity contribution in [2.75, 3.05) is 0 Å². The number of hydrogen-bond donors (Lipinski definition) is 0. The van der Waals surface area contributed by atoms with E-state index in [1.807, 2.05) is 0 Å². The summed E-state index contributed by atoms with van der Waals surface area (Å²) in [6.45, 7) is 0. The summed E-state index contributed by atoms with van der Waals surface area (Å²) in [6.07, 6.45) is 0.454. The van der Waals surface area contributed by atoms with Gasteiger partial charge in [-0.1, -0.05) is 30.3 Å². The summed E-state index contributed by atoms with van der Waals surface area (Å²) in [4.78, 5) is 9.16. The van der Waals surface area contributed by atoms with Crippen molar-refractivity contribution in [1.82, 2.24) is 0 Å². The number of hydrogen-bond acceptors (Lipinski definition) is 3. The minimum atomic E-state index is -0.755. The molecule has 1 aromatic rings. The predicted molar refractivity (Wildman–Crippen MR) is 41.4 cm³/mol. The van der Waals surface area contributed by atoms with Crippen LogP contribution in [0.2, 0.25) is 0 Å². The van der Waals surface area contributed by atoms with Crippen LogP contribution in [0.3, 0.4) is 0 Å². The SMILES string of the molecule is O=[N+]([O-])/C=C(\[O-])c1ccccc1.[Na+]. The Bertz CT molecular complexity index is 310. The van der Waals surface area contributed by atoms with E-state index in [0.29, 0.717) is 11.8 Å². The summed E-state index contributed by atoms with van der Waals surface area (Å²) in [5.41, 5.74) is 0.328. The van der Waals surface area contributed by atoms with Crippen LogP contribution in [0.5, 0.6) is 0 Å². The third kappa shape index (κ3) is 4.07. The molecule has 0 N–H and O–H groups in total. The first-order valence-corrected chi connectivity index (χ1v) is 3.28. The van der Waals surface area contributed by atoms with Crippen molar-refractivity contribution in [2.45, 2.75) is 0 Å². The standard InChI is InChI=1S/C8H7NO3.Na/c10-8(6-9(11)12)7-4-2-1-3-5-7;/h1-6,10H;/q;+1/p-1/b8-6-;. The maximum atomic E-state index is 11.0. The van der Waals surface area contributed by atoms with Gasteiger partial charge in [-0.15, -0.1) is 0 Å². The Labute approximate surface area is 97.3 Å². The van der Waals surface area contributed by atoms with Crippen LogP contribution in [0.4, 0.5) is 0 Å². The average molecular weight is 187 g/mol. The van der Waals surface area contributed by atoms with E-state index in [4.69, 9.17) is 0 Å². The van der Waals surface area contributed by atoms with Gasteiger partial charge < -0.3 is 5.11 Å². The van der Waals surface area contributed by atoms with Gasteiger partial charge in [-0.25, -0.2) is 0 Å². The van der Waals surface area contributed by atoms with E-state index in [9.17, 15) is 15.2 Å². The van der Waals surface area contributed by atoms with Crippen molar-refractivity contribution < 1.29 is 39.6 Å². The second kappa shape index (κ2) is 5.75. The number of nitrogens with zero attached hydrogens (tertiary/aromatic N) is 1. The molecule has 0 fully saturated rings. The summed E-state index contributed by atoms with van der Waals surface area (Å²) in [5, 5.41) is 20.9. The molecule has 1 rings (SSSR count). The molecule has 0 heterocycles. The third-order valence-electron chi connectivity index (χ3n) is 1.28. The zero-order chi connectivity index (χ0) is 8.97. The molecule has 0 aliphatic carbocycles. The number of nitro groups is 1. The van der Waals surface area contributed by atoms with Crippen molar-refractivity contribution in [2.24, 2.45) is 0 Å². The molecule has 62 valence electrons. The molecule has 0 aromatic heterocycles. The zero-order valence-corrected chi connectivity index (χ0v) is 9.14. The largest absolute Gasteiger partial charge is 1.00 e. The van der Waals surface area contributed by atoms with Gasteiger partial charge in [0.1, 0.15) is 0 Å². The molecule has 0 amide bonds. The fourth-order valence-corrected chi connectivity index (χ4v) is 0.773. The van der Waals surface area contributed by atoms with Crippen molar-refractivity contribution in [3.05, 3.63) is 52.2 Å². The first-order valence-electron chi connectivity index (χ1n) is 3.28. The second-order valence-corrected chi connectivity index (χ2v) is 2.14. The Balaban J connectivity index is 0.00000144. The van der Waals surface area contributed by atoms with Gasteiger partial charge in [-0.2, -0.15) is 0 Å². The minimum Gasteiger partial charge on any atom is -0.868 e. The van der Waals surface area contributed by atoms with Gasteiger partial charge in [0.15, 0.2) is 0 Å². The monoisotopic (exact) mass is 187 g/mol. The summed E-state index contributed by atoms with van der Waals surface area (Å²) in [6, 6.07) is 8.11. The van der Waals surface area contributed by atoms with Gasteiger partial charge in [0.05, 0.1) is 4.92 Å². The minimum absolute atomic E-state index is 0. The van der Waals surface area contributed by atoms with Crippen LogP contribution in [0, 0.1) is 10.1 Å². The van der Waals surface area contributed by atoms with Crippen LogP contribution in [-0.4, -0.2) is 4.92 Å². The molecule has 0 atom stereocenters. The Kier molecular flexibility index (Phi) is 5.37. The van der Waals surface area contributed by atoms with Crippen LogP contribution < -0.4 is 34.7 Å². The molecule has 0 saturated carbocycles. The molecule has 0 unspecified atom stereocenters. The van der Waals surface area contributed by atoms with Gasteiger partial charge in [-0.05, 0) is 11.3 Å². The number of benzene rings is 1. The fraction of sp³-hybridized carbons (Fsp3) is 0. The smallest absolute Gasteiger partial charge is 0.868 e. The zero-order valence-electron chi connectivity index (χ0n) is 7.14. The second-order valence-electron chi connectivity index (χ2n) is 2.14. The van der Waals surface area contributed by atoms with Gasteiger partial charge >= 0.3 is 29.6 Å². The molecule has 5 heteroatoms. The van der Waals surface area contributed by atoms with E-state index in [-0.39, 0.29) is 29.6 Å². The Morgan fingerprint density at radius 2 is 1.85 bits per heavy atom. The van der Waals surface area contributed by atoms with E-state index in [0.717, 1.165) is 0 Å². The summed E-state index contributed by atoms with van der Waals surface area (Å²) in [5.74, 6) is -0.583. The molecule has 0 radical (unpaired) electrons. The van der Waals surface area contributed by atoms with E-state index in [2.05, 4.69) is 0 Å². The maximum Gasteiger partial charge on any atom is 1.00 e. The number of rotatable bonds is 2. The Hall–Kier alpha value is -0.840. The molecule has 13 heavy (non-hydrogen) atoms. The molecule has 0 aliphatic heterocycles. The molecule has 4 nitrogen and oxygen atoms in total. The van der Waals surface area contributed by atoms with E-state index in [1.165, 1.54) is 12.1 Å². The van der Waals surface area contributed by atoms with Crippen molar-refractivity contribution in [3.8, 4) is 0 Å². The molecule has 0 bridgehead atoms. The third-order valence-corrected chi connectivity index (χ3v) is 1.28. The maximum absolute atomic E-state index is 11.0. The van der Waals surface area contributed by atoms with Crippen LogP contribution in [0.25, 0.3) is 5.76 Å². The first kappa shape index (κ1) is 12.2. The molecule has 1 aromatic carbocycles. The summed E-state index contributed by atoms with van der Waals surface area (Å²) >= 11 is 0. The van der Waals surface area contributed by atoms with Gasteiger partial charge in [0.25, 0.3) is 0 Å². The van der Waals surface area contributed by atoms with Crippen LogP contribution in [0.15, 0.2) is 36.5 Å². The summed E-state index contributed by atoms with van der Waals surface area (Å²) < 4.78 is 0. The van der Waals surface area contributed by atoms with E-state index < -0.39 is 10.7 Å². The van der Waals surface area contributed by atoms with E-state index >= 15 is 0 Å². The van der Waals surface area contributed by atoms with Crippen molar-refractivity contribution in [1.29, 1.82) is 0 Å². The topological polar surface area (TPSA) is 66.2 Å². The normalized spacial score (nSPS) is 10.3.